The fraction of sp³-hybridized carbons (Fsp3) is 0.467. The van der Waals surface area contributed by atoms with Crippen LogP contribution in [0, 0.1) is 0 Å². The first-order valence-electron chi connectivity index (χ1n) is 6.61. The van der Waals surface area contributed by atoms with E-state index in [4.69, 9.17) is 4.74 Å². The van der Waals surface area contributed by atoms with Gasteiger partial charge in [0.15, 0.2) is 0 Å². The van der Waals surface area contributed by atoms with Crippen LogP contribution in [0.25, 0.3) is 0 Å². The minimum Gasteiger partial charge on any atom is -0.497 e. The first kappa shape index (κ1) is 16.8. The third-order valence-corrected chi connectivity index (χ3v) is 3.19. The summed E-state index contributed by atoms with van der Waals surface area (Å²) in [4.78, 5) is 12.8. The van der Waals surface area contributed by atoms with Gasteiger partial charge in [-0.25, -0.2) is 4.79 Å². The third-order valence-electron chi connectivity index (χ3n) is 3.19. The quantitative estimate of drug-likeness (QED) is 0.508. The number of carbonyl (C=O) groups is 1. The molecule has 0 saturated carbocycles. The standard InChI is InChI=1S/C15H22N2O4/c1-10(17(14(18)19)15(2,3)4)13(16-20)11-7-6-8-12(9-11)21-5/h6-10,20H,1-5H3,(H,18,19). The van der Waals surface area contributed by atoms with Gasteiger partial charge in [-0.3, -0.25) is 4.90 Å². The molecule has 1 aromatic carbocycles. The van der Waals surface area contributed by atoms with Crippen molar-refractivity contribution in [3.63, 3.8) is 0 Å². The monoisotopic (exact) mass is 294 g/mol. The van der Waals surface area contributed by atoms with Gasteiger partial charge in [-0.05, 0) is 39.8 Å². The maximum Gasteiger partial charge on any atom is 0.408 e. The van der Waals surface area contributed by atoms with Gasteiger partial charge < -0.3 is 15.1 Å². The van der Waals surface area contributed by atoms with E-state index in [0.717, 1.165) is 0 Å². The Morgan fingerprint density at radius 1 is 1.38 bits per heavy atom. The summed E-state index contributed by atoms with van der Waals surface area (Å²) in [5, 5.41) is 22.1. The maximum atomic E-state index is 11.5. The van der Waals surface area contributed by atoms with Crippen molar-refractivity contribution in [3.8, 4) is 5.75 Å². The highest BCUT2D eigenvalue weighted by Gasteiger charge is 2.34. The highest BCUT2D eigenvalue weighted by molar-refractivity contribution is 6.05. The molecule has 0 heterocycles. The molecule has 0 aromatic heterocycles. The second-order valence-corrected chi connectivity index (χ2v) is 5.72. The van der Waals surface area contributed by atoms with Crippen molar-refractivity contribution in [1.82, 2.24) is 4.90 Å². The molecule has 0 aliphatic heterocycles. The summed E-state index contributed by atoms with van der Waals surface area (Å²) in [6.45, 7) is 7.06. The lowest BCUT2D eigenvalue weighted by Gasteiger charge is -2.38. The third kappa shape index (κ3) is 3.87. The number of hydrogen-bond donors (Lipinski definition) is 2. The Balaban J connectivity index is 3.22. The second-order valence-electron chi connectivity index (χ2n) is 5.72. The number of rotatable bonds is 4. The molecule has 6 nitrogen and oxygen atoms in total. The molecule has 6 heteroatoms. The molecule has 116 valence electrons. The number of carboxylic acid groups (broad SMARTS) is 1. The summed E-state index contributed by atoms with van der Waals surface area (Å²) in [5.41, 5.74) is 0.256. The van der Waals surface area contributed by atoms with Crippen molar-refractivity contribution in [2.75, 3.05) is 7.11 Å². The number of nitrogens with zero attached hydrogens (tertiary/aromatic N) is 2. The lowest BCUT2D eigenvalue weighted by molar-refractivity contribution is 0.0914. The molecule has 0 aliphatic rings. The van der Waals surface area contributed by atoms with E-state index in [1.165, 1.54) is 12.0 Å². The van der Waals surface area contributed by atoms with E-state index in [9.17, 15) is 15.1 Å². The van der Waals surface area contributed by atoms with Crippen LogP contribution in [0.4, 0.5) is 4.79 Å². The minimum atomic E-state index is -1.07. The van der Waals surface area contributed by atoms with E-state index in [1.807, 2.05) is 0 Å². The van der Waals surface area contributed by atoms with Crippen molar-refractivity contribution < 1.29 is 19.8 Å². The molecule has 1 atom stereocenters. The second kappa shape index (κ2) is 6.47. The molecule has 1 aromatic rings. The van der Waals surface area contributed by atoms with Crippen LogP contribution in [0.1, 0.15) is 33.3 Å². The van der Waals surface area contributed by atoms with Crippen LogP contribution in [-0.4, -0.2) is 45.7 Å². The summed E-state index contributed by atoms with van der Waals surface area (Å²) in [6.07, 6.45) is -1.07. The van der Waals surface area contributed by atoms with Crippen LogP contribution in [-0.2, 0) is 0 Å². The number of oxime groups is 1. The van der Waals surface area contributed by atoms with Crippen LogP contribution in [0.2, 0.25) is 0 Å². The Morgan fingerprint density at radius 2 is 2.00 bits per heavy atom. The molecule has 1 unspecified atom stereocenters. The zero-order valence-corrected chi connectivity index (χ0v) is 13.0. The van der Waals surface area contributed by atoms with Crippen LogP contribution in [0.15, 0.2) is 29.4 Å². The first-order valence-corrected chi connectivity index (χ1v) is 6.61. The molecule has 21 heavy (non-hydrogen) atoms. The first-order chi connectivity index (χ1) is 9.72. The van der Waals surface area contributed by atoms with Crippen LogP contribution < -0.4 is 4.74 Å². The Morgan fingerprint density at radius 3 is 2.43 bits per heavy atom. The van der Waals surface area contributed by atoms with Crippen LogP contribution in [0.5, 0.6) is 5.75 Å². The van der Waals surface area contributed by atoms with Crippen molar-refractivity contribution in [2.45, 2.75) is 39.3 Å². The molecule has 1 rings (SSSR count). The zero-order chi connectivity index (χ0) is 16.2. The summed E-state index contributed by atoms with van der Waals surface area (Å²) in [6, 6.07) is 6.36. The Hall–Kier alpha value is -2.24. The number of amides is 1. The van der Waals surface area contributed by atoms with Crippen molar-refractivity contribution in [3.05, 3.63) is 29.8 Å². The topological polar surface area (TPSA) is 82.4 Å². The fourth-order valence-corrected chi connectivity index (χ4v) is 2.32. The van der Waals surface area contributed by atoms with E-state index in [2.05, 4.69) is 5.16 Å². The lowest BCUT2D eigenvalue weighted by atomic mass is 9.98. The van der Waals surface area contributed by atoms with E-state index in [1.54, 1.807) is 52.0 Å². The van der Waals surface area contributed by atoms with Crippen molar-refractivity contribution in [1.29, 1.82) is 0 Å². The SMILES string of the molecule is COc1cccc(C(=NO)C(C)N(C(=O)O)C(C)(C)C)c1. The molecular weight excluding hydrogens is 272 g/mol. The molecule has 0 fully saturated rings. The molecule has 0 radical (unpaired) electrons. The van der Waals surface area contributed by atoms with Gasteiger partial charge in [0.1, 0.15) is 11.5 Å². The van der Waals surface area contributed by atoms with E-state index in [0.29, 0.717) is 11.3 Å². The summed E-state index contributed by atoms with van der Waals surface area (Å²) >= 11 is 0. The molecule has 0 aliphatic carbocycles. The predicted molar refractivity (Wildman–Crippen MR) is 80.4 cm³/mol. The summed E-state index contributed by atoms with van der Waals surface area (Å²) in [5.74, 6) is 0.610. The van der Waals surface area contributed by atoms with Gasteiger partial charge in [-0.1, -0.05) is 17.3 Å². The molecule has 1 amide bonds. The van der Waals surface area contributed by atoms with Gasteiger partial charge in [-0.2, -0.15) is 0 Å². The van der Waals surface area contributed by atoms with Gasteiger partial charge in [0.25, 0.3) is 0 Å². The average Bonchev–Trinajstić information content (AvgIpc) is 2.37. The van der Waals surface area contributed by atoms with Crippen LogP contribution >= 0.6 is 0 Å². The lowest BCUT2D eigenvalue weighted by Crippen LogP contribution is -2.53. The number of methoxy groups -OCH3 is 1. The summed E-state index contributed by atoms with van der Waals surface area (Å²) < 4.78 is 5.14. The van der Waals surface area contributed by atoms with Crippen LogP contribution in [0.3, 0.4) is 0 Å². The van der Waals surface area contributed by atoms with Crippen molar-refractivity contribution >= 4 is 11.8 Å². The maximum absolute atomic E-state index is 11.5. The highest BCUT2D eigenvalue weighted by atomic mass is 16.5. The smallest absolute Gasteiger partial charge is 0.408 e. The van der Waals surface area contributed by atoms with E-state index in [-0.39, 0.29) is 5.71 Å². The molecule has 0 saturated heterocycles. The van der Waals surface area contributed by atoms with E-state index < -0.39 is 17.7 Å². The fourth-order valence-electron chi connectivity index (χ4n) is 2.32. The number of hydrogen-bond acceptors (Lipinski definition) is 4. The number of benzene rings is 1. The minimum absolute atomic E-state index is 0.270. The highest BCUT2D eigenvalue weighted by Crippen LogP contribution is 2.22. The molecule has 0 bridgehead atoms. The van der Waals surface area contributed by atoms with Crippen molar-refractivity contribution in [2.24, 2.45) is 5.16 Å². The van der Waals surface area contributed by atoms with Gasteiger partial charge in [0, 0.05) is 11.1 Å². The Labute approximate surface area is 124 Å². The van der Waals surface area contributed by atoms with Gasteiger partial charge in [-0.15, -0.1) is 0 Å². The Bertz CT molecular complexity index is 535. The van der Waals surface area contributed by atoms with Gasteiger partial charge in [0.2, 0.25) is 0 Å². The normalized spacial score (nSPS) is 13.7. The van der Waals surface area contributed by atoms with E-state index >= 15 is 0 Å². The average molecular weight is 294 g/mol. The molecular formula is C15H22N2O4. The van der Waals surface area contributed by atoms with Gasteiger partial charge >= 0.3 is 6.09 Å². The predicted octanol–water partition coefficient (Wildman–Crippen LogP) is 3.04. The Kier molecular flexibility index (Phi) is 5.18. The largest absolute Gasteiger partial charge is 0.497 e. The summed E-state index contributed by atoms with van der Waals surface area (Å²) in [7, 11) is 1.54. The molecule has 0 spiro atoms. The van der Waals surface area contributed by atoms with Gasteiger partial charge in [0.05, 0.1) is 13.2 Å². The zero-order valence-electron chi connectivity index (χ0n) is 13.0. The molecule has 2 N–H and O–H groups in total. The number of ether oxygens (including phenoxy) is 1.